The number of hydrogen-bond donors (Lipinski definition) is 3. The van der Waals surface area contributed by atoms with E-state index >= 15 is 0 Å². The number of ketones is 1. The number of phenolic OH excluding ortho intramolecular Hbond substituents is 1. The van der Waals surface area contributed by atoms with Gasteiger partial charge in [0.2, 0.25) is 0 Å². The van der Waals surface area contributed by atoms with Gasteiger partial charge in [-0.3, -0.25) is 4.79 Å². The molecule has 0 amide bonds. The molecule has 3 N–H and O–H groups in total. The first-order chi connectivity index (χ1) is 8.24. The van der Waals surface area contributed by atoms with Crippen LogP contribution in [0.3, 0.4) is 0 Å². The van der Waals surface area contributed by atoms with E-state index in [-0.39, 0.29) is 22.8 Å². The predicted octanol–water partition coefficient (Wildman–Crippen LogP) is 1.16. The SMILES string of the molecule is CC(=O)c1cc2c(cc1O)OC(C)(C)[C@H](O)[C@@H]2O. The van der Waals surface area contributed by atoms with Gasteiger partial charge in [0.1, 0.15) is 29.3 Å². The molecular formula is C13H16O5. The van der Waals surface area contributed by atoms with Crippen molar-refractivity contribution >= 4 is 5.78 Å². The van der Waals surface area contributed by atoms with Crippen molar-refractivity contribution in [1.29, 1.82) is 0 Å². The van der Waals surface area contributed by atoms with Crippen LogP contribution in [0, 0.1) is 0 Å². The van der Waals surface area contributed by atoms with Gasteiger partial charge >= 0.3 is 0 Å². The van der Waals surface area contributed by atoms with Crippen molar-refractivity contribution in [2.45, 2.75) is 38.6 Å². The number of carbonyl (C=O) groups excluding carboxylic acids is 1. The highest BCUT2D eigenvalue weighted by atomic mass is 16.5. The van der Waals surface area contributed by atoms with Crippen molar-refractivity contribution in [3.8, 4) is 11.5 Å². The largest absolute Gasteiger partial charge is 0.507 e. The van der Waals surface area contributed by atoms with Gasteiger partial charge < -0.3 is 20.1 Å². The lowest BCUT2D eigenvalue weighted by Gasteiger charge is -2.40. The summed E-state index contributed by atoms with van der Waals surface area (Å²) < 4.78 is 5.54. The summed E-state index contributed by atoms with van der Waals surface area (Å²) in [6.07, 6.45) is -2.25. The van der Waals surface area contributed by atoms with Crippen molar-refractivity contribution < 1.29 is 24.9 Å². The predicted molar refractivity (Wildman–Crippen MR) is 63.8 cm³/mol. The maximum atomic E-state index is 11.3. The van der Waals surface area contributed by atoms with E-state index in [9.17, 15) is 20.1 Å². The quantitative estimate of drug-likeness (QED) is 0.653. The maximum Gasteiger partial charge on any atom is 0.163 e. The molecule has 1 aromatic carbocycles. The fraction of sp³-hybridized carbons (Fsp3) is 0.462. The smallest absolute Gasteiger partial charge is 0.163 e. The van der Waals surface area contributed by atoms with Crippen LogP contribution in [0.5, 0.6) is 11.5 Å². The van der Waals surface area contributed by atoms with E-state index in [1.807, 2.05) is 0 Å². The number of aromatic hydroxyl groups is 1. The second-order valence-electron chi connectivity index (χ2n) is 5.06. The molecule has 0 fully saturated rings. The Morgan fingerprint density at radius 1 is 1.33 bits per heavy atom. The maximum absolute atomic E-state index is 11.3. The summed E-state index contributed by atoms with van der Waals surface area (Å²) in [6, 6.07) is 2.65. The minimum atomic E-state index is -1.15. The molecule has 18 heavy (non-hydrogen) atoms. The van der Waals surface area contributed by atoms with Crippen LogP contribution in [0.15, 0.2) is 12.1 Å². The average molecular weight is 252 g/mol. The first kappa shape index (κ1) is 12.9. The molecule has 1 aliphatic heterocycles. The molecule has 98 valence electrons. The van der Waals surface area contributed by atoms with Gasteiger partial charge in [-0.05, 0) is 26.8 Å². The molecule has 1 aliphatic rings. The fourth-order valence-corrected chi connectivity index (χ4v) is 2.08. The Balaban J connectivity index is 2.58. The summed E-state index contributed by atoms with van der Waals surface area (Å²) in [7, 11) is 0. The molecule has 0 unspecified atom stereocenters. The lowest BCUT2D eigenvalue weighted by Crippen LogP contribution is -2.48. The van der Waals surface area contributed by atoms with Gasteiger partial charge in [-0.1, -0.05) is 0 Å². The molecule has 0 saturated carbocycles. The van der Waals surface area contributed by atoms with E-state index in [0.29, 0.717) is 5.56 Å². The van der Waals surface area contributed by atoms with Gasteiger partial charge in [0, 0.05) is 11.6 Å². The molecule has 0 bridgehead atoms. The van der Waals surface area contributed by atoms with Crippen LogP contribution in [0.25, 0.3) is 0 Å². The van der Waals surface area contributed by atoms with Crippen molar-refractivity contribution in [3.63, 3.8) is 0 Å². The number of benzene rings is 1. The second kappa shape index (κ2) is 3.96. The Morgan fingerprint density at radius 2 is 1.94 bits per heavy atom. The fourth-order valence-electron chi connectivity index (χ4n) is 2.08. The molecule has 1 aromatic rings. The van der Waals surface area contributed by atoms with Crippen LogP contribution < -0.4 is 4.74 Å². The van der Waals surface area contributed by atoms with Gasteiger partial charge in [0.05, 0.1) is 5.56 Å². The molecule has 0 aromatic heterocycles. The van der Waals surface area contributed by atoms with Gasteiger partial charge in [0.15, 0.2) is 5.78 Å². The van der Waals surface area contributed by atoms with E-state index in [4.69, 9.17) is 4.74 Å². The number of fused-ring (bicyclic) bond motifs is 1. The third-order valence-corrected chi connectivity index (χ3v) is 3.21. The highest BCUT2D eigenvalue weighted by Crippen LogP contribution is 2.42. The molecule has 0 radical (unpaired) electrons. The van der Waals surface area contributed by atoms with Gasteiger partial charge in [-0.2, -0.15) is 0 Å². The number of aliphatic hydroxyl groups excluding tert-OH is 2. The lowest BCUT2D eigenvalue weighted by atomic mass is 9.87. The topological polar surface area (TPSA) is 87.0 Å². The number of carbonyl (C=O) groups is 1. The monoisotopic (exact) mass is 252 g/mol. The first-order valence-electron chi connectivity index (χ1n) is 5.67. The molecule has 0 aliphatic carbocycles. The Morgan fingerprint density at radius 3 is 2.50 bits per heavy atom. The Hall–Kier alpha value is -1.59. The van der Waals surface area contributed by atoms with Crippen LogP contribution in [-0.2, 0) is 0 Å². The Labute approximate surface area is 105 Å². The number of Topliss-reactive ketones (excluding diaryl/α,β-unsaturated/α-hetero) is 1. The summed E-state index contributed by atoms with van der Waals surface area (Å²) in [5.41, 5.74) is -0.551. The van der Waals surface area contributed by atoms with E-state index in [2.05, 4.69) is 0 Å². The van der Waals surface area contributed by atoms with Gasteiger partial charge in [0.25, 0.3) is 0 Å². The number of aliphatic hydroxyl groups is 2. The molecule has 0 spiro atoms. The highest BCUT2D eigenvalue weighted by Gasteiger charge is 2.42. The van der Waals surface area contributed by atoms with E-state index < -0.39 is 17.8 Å². The second-order valence-corrected chi connectivity index (χ2v) is 5.06. The molecule has 5 nitrogen and oxygen atoms in total. The Kier molecular flexibility index (Phi) is 2.83. The van der Waals surface area contributed by atoms with Crippen LogP contribution in [-0.4, -0.2) is 32.8 Å². The standard InChI is InChI=1S/C13H16O5/c1-6(14)7-4-8-10(5-9(7)15)18-13(2,3)12(17)11(8)16/h4-5,11-12,15-17H,1-3H3/t11-,12-/m1/s1. The summed E-state index contributed by atoms with van der Waals surface area (Å²) in [5.74, 6) is -0.234. The van der Waals surface area contributed by atoms with Crippen molar-refractivity contribution in [1.82, 2.24) is 0 Å². The van der Waals surface area contributed by atoms with Crippen LogP contribution in [0.1, 0.15) is 42.8 Å². The zero-order valence-corrected chi connectivity index (χ0v) is 10.5. The molecule has 0 saturated heterocycles. The molecule has 2 atom stereocenters. The summed E-state index contributed by atoms with van der Waals surface area (Å²) in [6.45, 7) is 4.59. The third kappa shape index (κ3) is 1.85. The third-order valence-electron chi connectivity index (χ3n) is 3.21. The van der Waals surface area contributed by atoms with E-state index in [1.54, 1.807) is 13.8 Å². The van der Waals surface area contributed by atoms with Crippen molar-refractivity contribution in [3.05, 3.63) is 23.3 Å². The zero-order valence-electron chi connectivity index (χ0n) is 10.5. The lowest BCUT2D eigenvalue weighted by molar-refractivity contribution is -0.111. The average Bonchev–Trinajstić information content (AvgIpc) is 2.24. The van der Waals surface area contributed by atoms with Crippen molar-refractivity contribution in [2.75, 3.05) is 0 Å². The molecule has 1 heterocycles. The van der Waals surface area contributed by atoms with E-state index in [1.165, 1.54) is 19.1 Å². The van der Waals surface area contributed by atoms with E-state index in [0.717, 1.165) is 0 Å². The molecule has 2 rings (SSSR count). The van der Waals surface area contributed by atoms with Gasteiger partial charge in [-0.15, -0.1) is 0 Å². The summed E-state index contributed by atoms with van der Waals surface area (Å²) in [4.78, 5) is 11.3. The summed E-state index contributed by atoms with van der Waals surface area (Å²) in [5, 5.41) is 29.7. The number of rotatable bonds is 1. The Bertz CT molecular complexity index is 506. The van der Waals surface area contributed by atoms with Crippen LogP contribution in [0.4, 0.5) is 0 Å². The number of hydrogen-bond acceptors (Lipinski definition) is 5. The minimum Gasteiger partial charge on any atom is -0.507 e. The van der Waals surface area contributed by atoms with Crippen molar-refractivity contribution in [2.24, 2.45) is 0 Å². The normalized spacial score (nSPS) is 25.2. The zero-order chi connectivity index (χ0) is 13.7. The molecule has 5 heteroatoms. The van der Waals surface area contributed by atoms with Gasteiger partial charge in [-0.25, -0.2) is 0 Å². The summed E-state index contributed by atoms with van der Waals surface area (Å²) >= 11 is 0. The van der Waals surface area contributed by atoms with Crippen LogP contribution in [0.2, 0.25) is 0 Å². The van der Waals surface area contributed by atoms with Crippen LogP contribution >= 0.6 is 0 Å². The molecular weight excluding hydrogens is 236 g/mol. The first-order valence-corrected chi connectivity index (χ1v) is 5.67. The number of phenols is 1. The minimum absolute atomic E-state index is 0.100. The number of ether oxygens (including phenoxy) is 1. The highest BCUT2D eigenvalue weighted by molar-refractivity contribution is 5.97.